The van der Waals surface area contributed by atoms with E-state index in [0.717, 1.165) is 25.3 Å². The van der Waals surface area contributed by atoms with Gasteiger partial charge in [0.2, 0.25) is 0 Å². The summed E-state index contributed by atoms with van der Waals surface area (Å²) in [6, 6.07) is 3.65. The van der Waals surface area contributed by atoms with Gasteiger partial charge in [-0.2, -0.15) is 5.10 Å². The van der Waals surface area contributed by atoms with E-state index in [1.165, 1.54) is 12.1 Å². The number of benzene rings is 1. The fourth-order valence-corrected chi connectivity index (χ4v) is 3.02. The summed E-state index contributed by atoms with van der Waals surface area (Å²) in [4.78, 5) is 18.8. The summed E-state index contributed by atoms with van der Waals surface area (Å²) < 4.78 is 13.2. The highest BCUT2D eigenvalue weighted by Crippen LogP contribution is 2.31. The minimum absolute atomic E-state index is 0.125. The maximum Gasteiger partial charge on any atom is 0.255 e. The van der Waals surface area contributed by atoms with Crippen molar-refractivity contribution in [1.29, 1.82) is 0 Å². The third-order valence-corrected chi connectivity index (χ3v) is 4.15. The zero-order chi connectivity index (χ0) is 15.7. The van der Waals surface area contributed by atoms with Gasteiger partial charge in [-0.1, -0.05) is 11.6 Å². The Kier molecular flexibility index (Phi) is 4.11. The van der Waals surface area contributed by atoms with Crippen molar-refractivity contribution in [1.82, 2.24) is 20.1 Å². The summed E-state index contributed by atoms with van der Waals surface area (Å²) in [6.07, 6.45) is 2.74. The number of piperidine rings is 1. The summed E-state index contributed by atoms with van der Waals surface area (Å²) in [7, 11) is 0. The minimum atomic E-state index is -0.457. The highest BCUT2D eigenvalue weighted by Gasteiger charge is 2.32. The van der Waals surface area contributed by atoms with Gasteiger partial charge < -0.3 is 4.90 Å². The van der Waals surface area contributed by atoms with Crippen LogP contribution in [0.2, 0.25) is 5.02 Å². The number of carbonyl (C=O) groups excluding carboxylic acids is 1. The topological polar surface area (TPSA) is 61.9 Å². The summed E-state index contributed by atoms with van der Waals surface area (Å²) in [5.41, 5.74) is 0.308. The number of rotatable bonds is 2. The Morgan fingerprint density at radius 1 is 1.45 bits per heavy atom. The molecule has 3 rings (SSSR count). The molecule has 1 aliphatic heterocycles. The largest absolute Gasteiger partial charge is 0.328 e. The molecule has 1 aromatic heterocycles. The van der Waals surface area contributed by atoms with Crippen LogP contribution in [0.25, 0.3) is 0 Å². The van der Waals surface area contributed by atoms with Crippen LogP contribution in [0, 0.1) is 12.7 Å². The molecule has 0 radical (unpaired) electrons. The number of halogens is 2. The number of hydrogen-bond acceptors (Lipinski definition) is 3. The van der Waals surface area contributed by atoms with Gasteiger partial charge in [-0.25, -0.2) is 9.37 Å². The van der Waals surface area contributed by atoms with Gasteiger partial charge >= 0.3 is 0 Å². The van der Waals surface area contributed by atoms with Crippen LogP contribution < -0.4 is 0 Å². The molecule has 1 aromatic carbocycles. The van der Waals surface area contributed by atoms with Crippen LogP contribution in [-0.4, -0.2) is 32.5 Å². The first kappa shape index (κ1) is 15.0. The van der Waals surface area contributed by atoms with Crippen LogP contribution in [-0.2, 0) is 0 Å². The van der Waals surface area contributed by atoms with Crippen molar-refractivity contribution < 1.29 is 9.18 Å². The SMILES string of the molecule is Cc1nc(C2CCCCN2C(=O)c2ccc(F)cc2Cl)n[nH]1. The Morgan fingerprint density at radius 3 is 2.95 bits per heavy atom. The third kappa shape index (κ3) is 2.83. The molecule has 0 saturated carbocycles. The van der Waals surface area contributed by atoms with Gasteiger partial charge in [0.15, 0.2) is 5.82 Å². The number of H-pyrrole nitrogens is 1. The zero-order valence-corrected chi connectivity index (χ0v) is 12.9. The molecule has 5 nitrogen and oxygen atoms in total. The number of nitrogens with zero attached hydrogens (tertiary/aromatic N) is 3. The number of carbonyl (C=O) groups is 1. The summed E-state index contributed by atoms with van der Waals surface area (Å²) >= 11 is 6.02. The zero-order valence-electron chi connectivity index (χ0n) is 12.1. The molecule has 1 amide bonds. The lowest BCUT2D eigenvalue weighted by molar-refractivity contribution is 0.0600. The van der Waals surface area contributed by atoms with E-state index in [4.69, 9.17) is 11.6 Å². The number of aromatic amines is 1. The van der Waals surface area contributed by atoms with E-state index in [1.807, 2.05) is 6.92 Å². The predicted molar refractivity (Wildman–Crippen MR) is 80.2 cm³/mol. The second kappa shape index (κ2) is 6.04. The highest BCUT2D eigenvalue weighted by molar-refractivity contribution is 6.33. The maximum atomic E-state index is 13.2. The molecule has 1 aliphatic rings. The monoisotopic (exact) mass is 322 g/mol. The smallest absolute Gasteiger partial charge is 0.255 e. The molecule has 2 aromatic rings. The molecule has 1 unspecified atom stereocenters. The summed E-state index contributed by atoms with van der Waals surface area (Å²) in [6.45, 7) is 2.44. The molecule has 1 fully saturated rings. The average Bonchev–Trinajstić information content (AvgIpc) is 2.93. The minimum Gasteiger partial charge on any atom is -0.328 e. The summed E-state index contributed by atoms with van der Waals surface area (Å²) in [5.74, 6) is 0.662. The molecule has 22 heavy (non-hydrogen) atoms. The van der Waals surface area contributed by atoms with Crippen LogP contribution in [0.4, 0.5) is 4.39 Å². The van der Waals surface area contributed by atoms with Crippen molar-refractivity contribution in [3.8, 4) is 0 Å². The Morgan fingerprint density at radius 2 is 2.27 bits per heavy atom. The number of hydrogen-bond donors (Lipinski definition) is 1. The fraction of sp³-hybridized carbons (Fsp3) is 0.400. The van der Waals surface area contributed by atoms with Gasteiger partial charge in [-0.05, 0) is 44.4 Å². The van der Waals surface area contributed by atoms with Gasteiger partial charge in [0, 0.05) is 6.54 Å². The number of aromatic nitrogens is 3. The highest BCUT2D eigenvalue weighted by atomic mass is 35.5. The lowest BCUT2D eigenvalue weighted by atomic mass is 10.00. The molecular weight excluding hydrogens is 307 g/mol. The molecule has 1 saturated heterocycles. The Hall–Kier alpha value is -1.95. The van der Waals surface area contributed by atoms with Crippen molar-refractivity contribution in [2.24, 2.45) is 0 Å². The second-order valence-electron chi connectivity index (χ2n) is 5.41. The van der Waals surface area contributed by atoms with Crippen LogP contribution in [0.15, 0.2) is 18.2 Å². The van der Waals surface area contributed by atoms with E-state index in [-0.39, 0.29) is 17.0 Å². The van der Waals surface area contributed by atoms with E-state index < -0.39 is 5.82 Å². The maximum absolute atomic E-state index is 13.2. The Balaban J connectivity index is 1.91. The molecule has 1 N–H and O–H groups in total. The molecule has 0 aliphatic carbocycles. The molecule has 0 bridgehead atoms. The Bertz CT molecular complexity index is 703. The van der Waals surface area contributed by atoms with E-state index in [9.17, 15) is 9.18 Å². The van der Waals surface area contributed by atoms with Crippen molar-refractivity contribution in [3.63, 3.8) is 0 Å². The predicted octanol–water partition coefficient (Wildman–Crippen LogP) is 3.27. The first-order valence-electron chi connectivity index (χ1n) is 7.21. The normalized spacial score (nSPS) is 18.5. The number of nitrogens with one attached hydrogen (secondary N) is 1. The molecule has 2 heterocycles. The van der Waals surface area contributed by atoms with Gasteiger partial charge in [0.05, 0.1) is 16.6 Å². The van der Waals surface area contributed by atoms with Crippen LogP contribution in [0.5, 0.6) is 0 Å². The third-order valence-electron chi connectivity index (χ3n) is 3.84. The number of aryl methyl sites for hydroxylation is 1. The van der Waals surface area contributed by atoms with Crippen molar-refractivity contribution in [2.75, 3.05) is 6.54 Å². The number of amides is 1. The van der Waals surface area contributed by atoms with Gasteiger partial charge in [-0.15, -0.1) is 0 Å². The number of likely N-dealkylation sites (tertiary alicyclic amines) is 1. The molecule has 0 spiro atoms. The van der Waals surface area contributed by atoms with Crippen molar-refractivity contribution in [3.05, 3.63) is 46.3 Å². The average molecular weight is 323 g/mol. The van der Waals surface area contributed by atoms with E-state index in [2.05, 4.69) is 15.2 Å². The van der Waals surface area contributed by atoms with Crippen molar-refractivity contribution in [2.45, 2.75) is 32.2 Å². The van der Waals surface area contributed by atoms with Gasteiger partial charge in [0.1, 0.15) is 11.6 Å². The van der Waals surface area contributed by atoms with Crippen LogP contribution in [0.1, 0.15) is 47.3 Å². The molecule has 1 atom stereocenters. The first-order valence-corrected chi connectivity index (χ1v) is 7.59. The van der Waals surface area contributed by atoms with Gasteiger partial charge in [0.25, 0.3) is 5.91 Å². The quantitative estimate of drug-likeness (QED) is 0.923. The standard InChI is InChI=1S/C15H16ClFN4O/c1-9-18-14(20-19-9)13-4-2-3-7-21(13)15(22)11-6-5-10(17)8-12(11)16/h5-6,8,13H,2-4,7H2,1H3,(H,18,19,20). The molecule has 7 heteroatoms. The second-order valence-corrected chi connectivity index (χ2v) is 5.82. The molecular formula is C15H16ClFN4O. The lowest BCUT2D eigenvalue weighted by Crippen LogP contribution is -2.39. The Labute approximate surface area is 132 Å². The summed E-state index contributed by atoms with van der Waals surface area (Å²) in [5, 5.41) is 7.11. The van der Waals surface area contributed by atoms with Crippen molar-refractivity contribution >= 4 is 17.5 Å². The van der Waals surface area contributed by atoms with E-state index >= 15 is 0 Å². The van der Waals surface area contributed by atoms with Gasteiger partial charge in [-0.3, -0.25) is 9.89 Å². The molecule has 116 valence electrons. The first-order chi connectivity index (χ1) is 10.6. The van der Waals surface area contributed by atoms with E-state index in [0.29, 0.717) is 23.8 Å². The fourth-order valence-electron chi connectivity index (χ4n) is 2.77. The lowest BCUT2D eigenvalue weighted by Gasteiger charge is -2.34. The van der Waals surface area contributed by atoms with Crippen LogP contribution in [0.3, 0.4) is 0 Å². The van der Waals surface area contributed by atoms with E-state index in [1.54, 1.807) is 4.90 Å². The van der Waals surface area contributed by atoms with Crippen LogP contribution >= 0.6 is 11.6 Å².